The van der Waals surface area contributed by atoms with Crippen molar-refractivity contribution in [3.63, 3.8) is 0 Å². The van der Waals surface area contributed by atoms with Crippen molar-refractivity contribution < 1.29 is 61.1 Å². The van der Waals surface area contributed by atoms with Crippen molar-refractivity contribution in [3.8, 4) is 0 Å². The number of rotatable bonds is 2. The molecular weight excluding hydrogens is 178 g/mol. The summed E-state index contributed by atoms with van der Waals surface area (Å²) in [6, 6.07) is 0. The third kappa shape index (κ3) is 17.7. The van der Waals surface area contributed by atoms with E-state index in [-0.39, 0.29) is 42.4 Å². The third-order valence-electron chi connectivity index (χ3n) is 0.245. The van der Waals surface area contributed by atoms with Crippen LogP contribution in [0.1, 0.15) is 0 Å². The van der Waals surface area contributed by atoms with Crippen LogP contribution in [0.4, 0.5) is 0 Å². The Hall–Kier alpha value is 1.66. The summed E-state index contributed by atoms with van der Waals surface area (Å²) in [5.41, 5.74) is 0. The van der Waals surface area contributed by atoms with Crippen LogP contribution in [-0.4, -0.2) is 19.3 Å². The zero-order valence-corrected chi connectivity index (χ0v) is 7.99. The SMILES string of the molecule is [CH3][Cu-2][CH2]S(C)(=O)=O.[Li+].[Li+]. The summed E-state index contributed by atoms with van der Waals surface area (Å²) in [7, 11) is -2.72. The van der Waals surface area contributed by atoms with Gasteiger partial charge in [0.15, 0.2) is 0 Å². The molecule has 0 N–H and O–H groups in total. The monoisotopic (exact) mass is 185 g/mol. The van der Waals surface area contributed by atoms with Gasteiger partial charge in [0.05, 0.1) is 0 Å². The van der Waals surface area contributed by atoms with E-state index in [0.29, 0.717) is 0 Å². The molecule has 2 nitrogen and oxygen atoms in total. The van der Waals surface area contributed by atoms with Crippen LogP contribution in [0.2, 0.25) is 5.82 Å². The molecule has 0 amide bonds. The van der Waals surface area contributed by atoms with Crippen molar-refractivity contribution in [3.05, 3.63) is 0 Å². The fourth-order valence-corrected chi connectivity index (χ4v) is 1.96. The van der Waals surface area contributed by atoms with Crippen LogP contribution in [0.5, 0.6) is 0 Å². The molecule has 0 aliphatic heterocycles. The van der Waals surface area contributed by atoms with Gasteiger partial charge in [0.2, 0.25) is 0 Å². The van der Waals surface area contributed by atoms with E-state index >= 15 is 0 Å². The van der Waals surface area contributed by atoms with Crippen molar-refractivity contribution >= 4 is 9.84 Å². The average molecular weight is 186 g/mol. The first kappa shape index (κ1) is 17.0. The Balaban J connectivity index is -0.000000180. The molecule has 51 valence electrons. The van der Waals surface area contributed by atoms with Gasteiger partial charge in [0.1, 0.15) is 0 Å². The van der Waals surface area contributed by atoms with Crippen LogP contribution in [0.25, 0.3) is 0 Å². The van der Waals surface area contributed by atoms with Crippen LogP contribution >= 0.6 is 0 Å². The molecule has 0 heterocycles. The predicted molar refractivity (Wildman–Crippen MR) is 25.6 cm³/mol. The van der Waals surface area contributed by atoms with E-state index in [4.69, 9.17) is 0 Å². The summed E-state index contributed by atoms with van der Waals surface area (Å²) >= 11 is 1.40. The minimum absolute atomic E-state index is 0. The second-order valence-corrected chi connectivity index (χ2v) is 4.73. The first-order valence-electron chi connectivity index (χ1n) is 1.54. The van der Waals surface area contributed by atoms with E-state index in [9.17, 15) is 8.42 Å². The average Bonchev–Trinajstić information content (AvgIpc) is 1.30. The molecule has 0 aromatic heterocycles. The van der Waals surface area contributed by atoms with E-state index in [0.717, 1.165) is 0 Å². The predicted octanol–water partition coefficient (Wildman–Crippen LogP) is -5.87. The molecular formula is C3H8CuLi2O2S. The molecule has 0 unspecified atom stereocenters. The molecule has 0 aromatic rings. The van der Waals surface area contributed by atoms with Gasteiger partial charge in [0, 0.05) is 0 Å². The van der Waals surface area contributed by atoms with Gasteiger partial charge in [-0.2, -0.15) is 0 Å². The van der Waals surface area contributed by atoms with Crippen LogP contribution in [-0.2, 0) is 24.8 Å². The topological polar surface area (TPSA) is 34.1 Å². The summed E-state index contributed by atoms with van der Waals surface area (Å²) in [6.45, 7) is 0. The maximum Gasteiger partial charge on any atom is 1.00 e. The van der Waals surface area contributed by atoms with E-state index < -0.39 is 9.84 Å². The minimum Gasteiger partial charge on any atom is 1.00 e. The Kier molecular flexibility index (Phi) is 14.6. The second-order valence-electron chi connectivity index (χ2n) is 1.23. The number of hydrogen-bond acceptors (Lipinski definition) is 2. The quantitative estimate of drug-likeness (QED) is 0.402. The summed E-state index contributed by atoms with van der Waals surface area (Å²) < 4.78 is 20.6. The van der Waals surface area contributed by atoms with Crippen molar-refractivity contribution in [1.82, 2.24) is 0 Å². The van der Waals surface area contributed by atoms with Gasteiger partial charge < -0.3 is 0 Å². The normalized spacial score (nSPS) is 9.56. The first-order valence-corrected chi connectivity index (χ1v) is 5.21. The molecule has 6 heteroatoms. The number of sulfone groups is 1. The van der Waals surface area contributed by atoms with Crippen molar-refractivity contribution in [2.24, 2.45) is 0 Å². The summed E-state index contributed by atoms with van der Waals surface area (Å²) in [5.74, 6) is 1.75. The molecule has 0 saturated heterocycles. The summed E-state index contributed by atoms with van der Waals surface area (Å²) in [5, 5.41) is 0. The molecule has 0 saturated carbocycles. The maximum absolute atomic E-state index is 10.2. The zero-order valence-electron chi connectivity index (χ0n) is 6.23. The molecule has 0 aromatic carbocycles. The zero-order chi connectivity index (χ0) is 5.91. The van der Waals surface area contributed by atoms with E-state index in [1.54, 1.807) is 5.82 Å². The van der Waals surface area contributed by atoms with Gasteiger partial charge >= 0.3 is 87.7 Å². The Bertz CT molecular complexity index is 133. The second kappa shape index (κ2) is 7.77. The van der Waals surface area contributed by atoms with Gasteiger partial charge in [-0.25, -0.2) is 0 Å². The van der Waals surface area contributed by atoms with Gasteiger partial charge in [-0.3, -0.25) is 0 Å². The van der Waals surface area contributed by atoms with Crippen LogP contribution in [0.3, 0.4) is 0 Å². The molecule has 0 aliphatic carbocycles. The molecule has 0 spiro atoms. The van der Waals surface area contributed by atoms with Gasteiger partial charge in [0.25, 0.3) is 0 Å². The maximum atomic E-state index is 10.2. The van der Waals surface area contributed by atoms with E-state index in [1.807, 2.05) is 0 Å². The summed E-state index contributed by atoms with van der Waals surface area (Å²) in [4.78, 5) is 0. The van der Waals surface area contributed by atoms with Crippen molar-refractivity contribution in [2.45, 2.75) is 5.82 Å². The molecule has 9 heavy (non-hydrogen) atoms. The Labute approximate surface area is 87.0 Å². The minimum atomic E-state index is -2.72. The number of hydrogen-bond donors (Lipinski definition) is 0. The largest absolute Gasteiger partial charge is 1.00 e. The van der Waals surface area contributed by atoms with Crippen LogP contribution in [0.15, 0.2) is 0 Å². The van der Waals surface area contributed by atoms with E-state index in [2.05, 4.69) is 0 Å². The molecule has 0 atom stereocenters. The molecule has 0 fully saturated rings. The summed E-state index contributed by atoms with van der Waals surface area (Å²) in [6.07, 6.45) is 1.22. The standard InChI is InChI=1S/C2H5O2S.CH3.Cu.2Li/c1-5(2,3)4;;;;/h1H2,2H3;1H3;;;/q;;-2;2*+1. The van der Waals surface area contributed by atoms with Crippen molar-refractivity contribution in [1.29, 1.82) is 0 Å². The van der Waals surface area contributed by atoms with Crippen molar-refractivity contribution in [2.75, 3.05) is 10.9 Å². The molecule has 0 aliphatic rings. The van der Waals surface area contributed by atoms with Gasteiger partial charge in [-0.05, 0) is 0 Å². The van der Waals surface area contributed by atoms with E-state index in [1.165, 1.54) is 21.2 Å². The third-order valence-corrected chi connectivity index (χ3v) is 3.03. The fourth-order valence-electron chi connectivity index (χ4n) is 0.158. The molecule has 0 radical (unpaired) electrons. The Morgan fingerprint density at radius 1 is 1.33 bits per heavy atom. The molecule has 0 rings (SSSR count). The van der Waals surface area contributed by atoms with Crippen LogP contribution < -0.4 is 37.7 Å². The smallest absolute Gasteiger partial charge is 1.00 e. The Morgan fingerprint density at radius 3 is 1.67 bits per heavy atom. The molecule has 0 bridgehead atoms. The Morgan fingerprint density at radius 2 is 1.67 bits per heavy atom. The van der Waals surface area contributed by atoms with Gasteiger partial charge in [-0.15, -0.1) is 0 Å². The first-order chi connectivity index (χ1) is 3.06. The van der Waals surface area contributed by atoms with Crippen LogP contribution in [0, 0.1) is 0 Å². The fraction of sp³-hybridized carbons (Fsp3) is 1.00. The van der Waals surface area contributed by atoms with Gasteiger partial charge in [-0.1, -0.05) is 0 Å².